The second kappa shape index (κ2) is 9.29. The van der Waals surface area contributed by atoms with E-state index in [1.807, 2.05) is 30.3 Å². The highest BCUT2D eigenvalue weighted by atomic mass is 32.2. The molecule has 0 amide bonds. The molecule has 0 aliphatic heterocycles. The Morgan fingerprint density at radius 3 is 2.11 bits per heavy atom. The molecule has 0 radical (unpaired) electrons. The molecule has 2 aromatic rings. The van der Waals surface area contributed by atoms with Crippen LogP contribution in [0.1, 0.15) is 6.92 Å². The monoisotopic (exact) mass is 391 g/mol. The van der Waals surface area contributed by atoms with Crippen molar-refractivity contribution >= 4 is 22.0 Å². The zero-order valence-electron chi connectivity index (χ0n) is 15.1. The highest BCUT2D eigenvalue weighted by Crippen LogP contribution is 2.22. The number of carbonyl (C=O) groups excluding carboxylic acids is 2. The minimum atomic E-state index is -3.96. The summed E-state index contributed by atoms with van der Waals surface area (Å²) in [6.07, 6.45) is 0. The molecule has 0 atom stereocenters. The van der Waals surface area contributed by atoms with Crippen molar-refractivity contribution in [2.45, 2.75) is 11.8 Å². The summed E-state index contributed by atoms with van der Waals surface area (Å²) >= 11 is 0. The van der Waals surface area contributed by atoms with Crippen molar-refractivity contribution < 1.29 is 27.5 Å². The van der Waals surface area contributed by atoms with Crippen LogP contribution in [0.2, 0.25) is 0 Å². The first-order valence-corrected chi connectivity index (χ1v) is 9.64. The Bertz CT molecular complexity index is 878. The van der Waals surface area contributed by atoms with E-state index in [2.05, 4.69) is 4.74 Å². The molecule has 0 fully saturated rings. The van der Waals surface area contributed by atoms with E-state index in [0.29, 0.717) is 0 Å². The van der Waals surface area contributed by atoms with E-state index < -0.39 is 28.5 Å². The standard InChI is InChI=1S/C19H21NO6S/c1-15(21)26-13-12-20(14-19(22)25-2)27(23,24)18-10-8-17(9-11-18)16-6-4-3-5-7-16/h3-11H,12-14H2,1-2H3. The lowest BCUT2D eigenvalue weighted by molar-refractivity contribution is -0.141. The second-order valence-corrected chi connectivity index (χ2v) is 7.58. The molecule has 2 aromatic carbocycles. The Hall–Kier alpha value is -2.71. The largest absolute Gasteiger partial charge is 0.468 e. The van der Waals surface area contributed by atoms with E-state index in [0.717, 1.165) is 15.4 Å². The van der Waals surface area contributed by atoms with E-state index in [1.165, 1.54) is 26.2 Å². The van der Waals surface area contributed by atoms with E-state index in [-0.39, 0.29) is 18.0 Å². The molecule has 27 heavy (non-hydrogen) atoms. The summed E-state index contributed by atoms with van der Waals surface area (Å²) in [7, 11) is -2.79. The van der Waals surface area contributed by atoms with Gasteiger partial charge >= 0.3 is 11.9 Å². The van der Waals surface area contributed by atoms with Gasteiger partial charge in [0, 0.05) is 13.5 Å². The van der Waals surface area contributed by atoms with Gasteiger partial charge in [0.05, 0.1) is 12.0 Å². The maximum Gasteiger partial charge on any atom is 0.321 e. The zero-order chi connectivity index (χ0) is 19.9. The van der Waals surface area contributed by atoms with Gasteiger partial charge in [0.1, 0.15) is 13.2 Å². The topological polar surface area (TPSA) is 90.0 Å². The van der Waals surface area contributed by atoms with Crippen LogP contribution < -0.4 is 0 Å². The number of hydrogen-bond acceptors (Lipinski definition) is 6. The van der Waals surface area contributed by atoms with Crippen molar-refractivity contribution in [2.24, 2.45) is 0 Å². The Balaban J connectivity index is 2.24. The fourth-order valence-electron chi connectivity index (χ4n) is 2.38. The number of carbonyl (C=O) groups is 2. The number of benzene rings is 2. The van der Waals surface area contributed by atoms with Crippen molar-refractivity contribution in [3.05, 3.63) is 54.6 Å². The molecular formula is C19H21NO6S. The molecule has 0 bridgehead atoms. The lowest BCUT2D eigenvalue weighted by atomic mass is 10.1. The lowest BCUT2D eigenvalue weighted by Crippen LogP contribution is -2.38. The number of esters is 2. The third-order valence-electron chi connectivity index (χ3n) is 3.78. The van der Waals surface area contributed by atoms with Gasteiger partial charge in [-0.05, 0) is 23.3 Å². The Kier molecular flexibility index (Phi) is 7.09. The molecule has 0 unspecified atom stereocenters. The highest BCUT2D eigenvalue weighted by Gasteiger charge is 2.27. The number of ether oxygens (including phenoxy) is 2. The predicted molar refractivity (Wildman–Crippen MR) is 99.3 cm³/mol. The molecule has 8 heteroatoms. The molecule has 0 saturated heterocycles. The van der Waals surface area contributed by atoms with Crippen LogP contribution >= 0.6 is 0 Å². The normalized spacial score (nSPS) is 11.2. The van der Waals surface area contributed by atoms with Crippen LogP contribution in [0.5, 0.6) is 0 Å². The number of methoxy groups -OCH3 is 1. The van der Waals surface area contributed by atoms with Gasteiger partial charge < -0.3 is 9.47 Å². The first-order chi connectivity index (χ1) is 12.8. The number of hydrogen-bond donors (Lipinski definition) is 0. The smallest absolute Gasteiger partial charge is 0.321 e. The second-order valence-electron chi connectivity index (χ2n) is 5.65. The van der Waals surface area contributed by atoms with E-state index in [4.69, 9.17) is 4.74 Å². The van der Waals surface area contributed by atoms with Crippen molar-refractivity contribution in [3.63, 3.8) is 0 Å². The molecule has 2 rings (SSSR count). The van der Waals surface area contributed by atoms with E-state index in [1.54, 1.807) is 12.1 Å². The molecule has 7 nitrogen and oxygen atoms in total. The first kappa shape index (κ1) is 20.6. The number of nitrogens with zero attached hydrogens (tertiary/aromatic N) is 1. The average Bonchev–Trinajstić information content (AvgIpc) is 2.67. The van der Waals surface area contributed by atoms with Crippen LogP contribution in [0.25, 0.3) is 11.1 Å². The summed E-state index contributed by atoms with van der Waals surface area (Å²) in [5.74, 6) is -1.24. The van der Waals surface area contributed by atoms with Crippen LogP contribution in [0.4, 0.5) is 0 Å². The fourth-order valence-corrected chi connectivity index (χ4v) is 3.75. The van der Waals surface area contributed by atoms with Crippen LogP contribution in [-0.2, 0) is 29.1 Å². The number of rotatable bonds is 8. The molecule has 0 aliphatic rings. The molecule has 0 N–H and O–H groups in total. The Morgan fingerprint density at radius 1 is 0.963 bits per heavy atom. The average molecular weight is 391 g/mol. The summed E-state index contributed by atoms with van der Waals surface area (Å²) in [5, 5.41) is 0. The number of sulfonamides is 1. The van der Waals surface area contributed by atoms with Crippen molar-refractivity contribution in [1.29, 1.82) is 0 Å². The summed E-state index contributed by atoms with van der Waals surface area (Å²) in [5.41, 5.74) is 1.83. The molecule has 0 aliphatic carbocycles. The summed E-state index contributed by atoms with van der Waals surface area (Å²) < 4.78 is 36.1. The van der Waals surface area contributed by atoms with Gasteiger partial charge in [-0.15, -0.1) is 0 Å². The first-order valence-electron chi connectivity index (χ1n) is 8.20. The minimum absolute atomic E-state index is 0.0360. The van der Waals surface area contributed by atoms with Crippen LogP contribution in [0, 0.1) is 0 Å². The molecule has 0 heterocycles. The van der Waals surface area contributed by atoms with Gasteiger partial charge in [0.25, 0.3) is 0 Å². The van der Waals surface area contributed by atoms with Gasteiger partial charge in [0.15, 0.2) is 0 Å². The van der Waals surface area contributed by atoms with Crippen LogP contribution in [-0.4, -0.2) is 51.5 Å². The molecular weight excluding hydrogens is 370 g/mol. The van der Waals surface area contributed by atoms with Crippen molar-refractivity contribution in [3.8, 4) is 11.1 Å². The molecule has 0 saturated carbocycles. The Morgan fingerprint density at radius 2 is 1.56 bits per heavy atom. The molecule has 0 spiro atoms. The lowest BCUT2D eigenvalue weighted by Gasteiger charge is -2.21. The van der Waals surface area contributed by atoms with Crippen molar-refractivity contribution in [2.75, 3.05) is 26.8 Å². The molecule has 144 valence electrons. The highest BCUT2D eigenvalue weighted by molar-refractivity contribution is 7.89. The fraction of sp³-hybridized carbons (Fsp3) is 0.263. The summed E-state index contributed by atoms with van der Waals surface area (Å²) in [4.78, 5) is 22.5. The van der Waals surface area contributed by atoms with Gasteiger partial charge in [-0.25, -0.2) is 8.42 Å². The van der Waals surface area contributed by atoms with E-state index in [9.17, 15) is 18.0 Å². The maximum atomic E-state index is 12.9. The van der Waals surface area contributed by atoms with Gasteiger partial charge in [-0.3, -0.25) is 9.59 Å². The van der Waals surface area contributed by atoms with Crippen molar-refractivity contribution in [1.82, 2.24) is 4.31 Å². The predicted octanol–water partition coefficient (Wildman–Crippen LogP) is 2.08. The Labute approximate surface area is 158 Å². The third kappa shape index (κ3) is 5.63. The quantitative estimate of drug-likeness (QED) is 0.640. The van der Waals surface area contributed by atoms with Gasteiger partial charge in [-0.1, -0.05) is 42.5 Å². The van der Waals surface area contributed by atoms with Crippen LogP contribution in [0.3, 0.4) is 0 Å². The minimum Gasteiger partial charge on any atom is -0.468 e. The molecule has 0 aromatic heterocycles. The SMILES string of the molecule is COC(=O)CN(CCOC(C)=O)S(=O)(=O)c1ccc(-c2ccccc2)cc1. The zero-order valence-corrected chi connectivity index (χ0v) is 15.9. The maximum absolute atomic E-state index is 12.9. The van der Waals surface area contributed by atoms with Crippen LogP contribution in [0.15, 0.2) is 59.5 Å². The summed E-state index contributed by atoms with van der Waals surface area (Å²) in [6, 6.07) is 15.9. The van der Waals surface area contributed by atoms with E-state index >= 15 is 0 Å². The third-order valence-corrected chi connectivity index (χ3v) is 5.64. The van der Waals surface area contributed by atoms with Gasteiger partial charge in [0.2, 0.25) is 10.0 Å². The van der Waals surface area contributed by atoms with Gasteiger partial charge in [-0.2, -0.15) is 4.31 Å². The summed E-state index contributed by atoms with van der Waals surface area (Å²) in [6.45, 7) is 0.438.